The molecule has 1 heterocycles. The third-order valence-electron chi connectivity index (χ3n) is 4.78. The maximum absolute atomic E-state index is 6.09. The molecule has 1 saturated heterocycles. The lowest BCUT2D eigenvalue weighted by atomic mass is 9.69. The molecule has 0 aromatic heterocycles. The van der Waals surface area contributed by atoms with E-state index in [1.54, 1.807) is 0 Å². The van der Waals surface area contributed by atoms with Crippen LogP contribution in [0.25, 0.3) is 0 Å². The Morgan fingerprint density at radius 3 is 2.74 bits per heavy atom. The first-order chi connectivity index (χ1) is 9.24. The highest BCUT2D eigenvalue weighted by Gasteiger charge is 2.44. The van der Waals surface area contributed by atoms with Gasteiger partial charge in [-0.3, -0.25) is 11.3 Å². The zero-order chi connectivity index (χ0) is 13.3. The fourth-order valence-electron chi connectivity index (χ4n) is 3.54. The summed E-state index contributed by atoms with van der Waals surface area (Å²) in [5.41, 5.74) is 11.1. The van der Waals surface area contributed by atoms with Crippen LogP contribution in [0.3, 0.4) is 0 Å². The molecular weight excluding hydrogens is 238 g/mol. The molecule has 19 heavy (non-hydrogen) atoms. The zero-order valence-corrected chi connectivity index (χ0v) is 11.3. The van der Waals surface area contributed by atoms with Crippen LogP contribution in [0.1, 0.15) is 43.7 Å². The zero-order valence-electron chi connectivity index (χ0n) is 11.3. The van der Waals surface area contributed by atoms with E-state index in [0.29, 0.717) is 5.92 Å². The summed E-state index contributed by atoms with van der Waals surface area (Å²) in [7, 11) is 0. The van der Waals surface area contributed by atoms with Gasteiger partial charge in [-0.15, -0.1) is 0 Å². The monoisotopic (exact) mass is 261 g/mol. The fourth-order valence-corrected chi connectivity index (χ4v) is 3.54. The summed E-state index contributed by atoms with van der Waals surface area (Å²) in [5, 5.41) is 0. The number of benzene rings is 1. The van der Waals surface area contributed by atoms with E-state index in [9.17, 15) is 0 Å². The normalized spacial score (nSPS) is 26.9. The van der Waals surface area contributed by atoms with Gasteiger partial charge in [-0.1, -0.05) is 18.2 Å². The van der Waals surface area contributed by atoms with Crippen molar-refractivity contribution in [2.24, 2.45) is 11.8 Å². The molecule has 0 radical (unpaired) electrons. The second kappa shape index (κ2) is 5.12. The van der Waals surface area contributed by atoms with E-state index in [1.807, 2.05) is 18.2 Å². The number of rotatable bonds is 3. The minimum Gasteiger partial charge on any atom is -0.398 e. The van der Waals surface area contributed by atoms with Gasteiger partial charge in [0.05, 0.1) is 11.6 Å². The first-order valence-electron chi connectivity index (χ1n) is 7.19. The minimum atomic E-state index is 0.127. The predicted molar refractivity (Wildman–Crippen MR) is 76.2 cm³/mol. The average Bonchev–Trinajstić information content (AvgIpc) is 2.40. The SMILES string of the molecule is NNC(c1ccccc1N)C1CCOC2(CCC2)C1. The molecule has 3 rings (SSSR count). The van der Waals surface area contributed by atoms with Crippen molar-refractivity contribution in [3.63, 3.8) is 0 Å². The fraction of sp³-hybridized carbons (Fsp3) is 0.600. The average molecular weight is 261 g/mol. The van der Waals surface area contributed by atoms with Crippen molar-refractivity contribution in [2.75, 3.05) is 12.3 Å². The molecular formula is C15H23N3O. The summed E-state index contributed by atoms with van der Waals surface area (Å²) in [6, 6.07) is 8.13. The van der Waals surface area contributed by atoms with Gasteiger partial charge in [0.1, 0.15) is 0 Å². The van der Waals surface area contributed by atoms with Gasteiger partial charge in [-0.2, -0.15) is 0 Å². The smallest absolute Gasteiger partial charge is 0.0686 e. The van der Waals surface area contributed by atoms with Crippen LogP contribution in [-0.4, -0.2) is 12.2 Å². The number of para-hydroxylation sites is 1. The summed E-state index contributed by atoms with van der Waals surface area (Å²) in [4.78, 5) is 0. The van der Waals surface area contributed by atoms with Gasteiger partial charge in [-0.25, -0.2) is 0 Å². The maximum atomic E-state index is 6.09. The molecule has 1 aromatic carbocycles. The highest BCUT2D eigenvalue weighted by molar-refractivity contribution is 5.48. The number of hydrazine groups is 1. The van der Waals surface area contributed by atoms with Crippen LogP contribution in [0.15, 0.2) is 24.3 Å². The highest BCUT2D eigenvalue weighted by atomic mass is 16.5. The Kier molecular flexibility index (Phi) is 3.48. The number of nitrogens with one attached hydrogen (secondary N) is 1. The van der Waals surface area contributed by atoms with E-state index in [2.05, 4.69) is 11.5 Å². The van der Waals surface area contributed by atoms with E-state index in [0.717, 1.165) is 30.7 Å². The molecule has 0 amide bonds. The Balaban J connectivity index is 1.80. The second-order valence-electron chi connectivity index (χ2n) is 5.91. The molecule has 2 fully saturated rings. The van der Waals surface area contributed by atoms with Crippen molar-refractivity contribution in [1.82, 2.24) is 5.43 Å². The minimum absolute atomic E-state index is 0.127. The molecule has 1 spiro atoms. The van der Waals surface area contributed by atoms with Crippen molar-refractivity contribution in [3.8, 4) is 0 Å². The summed E-state index contributed by atoms with van der Waals surface area (Å²) < 4.78 is 5.99. The molecule has 4 heteroatoms. The molecule has 2 atom stereocenters. The summed E-state index contributed by atoms with van der Waals surface area (Å²) in [5.74, 6) is 6.31. The van der Waals surface area contributed by atoms with Gasteiger partial charge in [0.2, 0.25) is 0 Å². The largest absolute Gasteiger partial charge is 0.398 e. The maximum Gasteiger partial charge on any atom is 0.0686 e. The lowest BCUT2D eigenvalue weighted by Gasteiger charge is -2.48. The molecule has 1 aromatic rings. The molecule has 1 aliphatic heterocycles. The number of nitrogen functional groups attached to an aromatic ring is 1. The Hall–Kier alpha value is -1.10. The summed E-state index contributed by atoms with van der Waals surface area (Å²) in [6.07, 6.45) is 5.83. The van der Waals surface area contributed by atoms with E-state index in [1.165, 1.54) is 19.3 Å². The highest BCUT2D eigenvalue weighted by Crippen LogP contribution is 2.47. The second-order valence-corrected chi connectivity index (χ2v) is 5.91. The van der Waals surface area contributed by atoms with Crippen molar-refractivity contribution >= 4 is 5.69 Å². The lowest BCUT2D eigenvalue weighted by molar-refractivity contribution is -0.147. The summed E-state index contributed by atoms with van der Waals surface area (Å²) in [6.45, 7) is 0.843. The standard InChI is InChI=1S/C15H23N3O/c16-13-5-2-1-4-12(13)14(18-17)11-6-9-19-15(10-11)7-3-8-15/h1-2,4-5,11,14,18H,3,6-10,16-17H2. The molecule has 5 N–H and O–H groups in total. The third-order valence-corrected chi connectivity index (χ3v) is 4.78. The third kappa shape index (κ3) is 2.36. The first-order valence-corrected chi connectivity index (χ1v) is 7.19. The van der Waals surface area contributed by atoms with Gasteiger partial charge in [-0.05, 0) is 49.7 Å². The summed E-state index contributed by atoms with van der Waals surface area (Å²) >= 11 is 0. The van der Waals surface area contributed by atoms with Crippen molar-refractivity contribution in [1.29, 1.82) is 0 Å². The molecule has 1 saturated carbocycles. The Labute approximate surface area is 114 Å². The Morgan fingerprint density at radius 1 is 1.32 bits per heavy atom. The Morgan fingerprint density at radius 2 is 2.11 bits per heavy atom. The van der Waals surface area contributed by atoms with Gasteiger partial charge in [0.25, 0.3) is 0 Å². The number of hydrogen-bond acceptors (Lipinski definition) is 4. The molecule has 0 bridgehead atoms. The van der Waals surface area contributed by atoms with Gasteiger partial charge in [0, 0.05) is 12.3 Å². The van der Waals surface area contributed by atoms with Crippen LogP contribution in [0, 0.1) is 5.92 Å². The first kappa shape index (κ1) is 12.9. The molecule has 2 unspecified atom stereocenters. The van der Waals surface area contributed by atoms with E-state index < -0.39 is 0 Å². The van der Waals surface area contributed by atoms with Crippen LogP contribution >= 0.6 is 0 Å². The van der Waals surface area contributed by atoms with Crippen LogP contribution in [0.5, 0.6) is 0 Å². The Bertz CT molecular complexity index is 445. The van der Waals surface area contributed by atoms with Gasteiger partial charge >= 0.3 is 0 Å². The van der Waals surface area contributed by atoms with E-state index >= 15 is 0 Å². The number of anilines is 1. The van der Waals surface area contributed by atoms with Gasteiger partial charge < -0.3 is 10.5 Å². The van der Waals surface area contributed by atoms with E-state index in [4.69, 9.17) is 16.3 Å². The predicted octanol–water partition coefficient (Wildman–Crippen LogP) is 2.12. The van der Waals surface area contributed by atoms with Crippen LogP contribution in [0.2, 0.25) is 0 Å². The van der Waals surface area contributed by atoms with Crippen LogP contribution in [-0.2, 0) is 4.74 Å². The number of ether oxygens (including phenoxy) is 1. The molecule has 104 valence electrons. The lowest BCUT2D eigenvalue weighted by Crippen LogP contribution is -2.48. The van der Waals surface area contributed by atoms with Gasteiger partial charge in [0.15, 0.2) is 0 Å². The molecule has 1 aliphatic carbocycles. The number of hydrogen-bond donors (Lipinski definition) is 3. The molecule has 2 aliphatic rings. The van der Waals surface area contributed by atoms with Crippen molar-refractivity contribution in [3.05, 3.63) is 29.8 Å². The number of nitrogens with two attached hydrogens (primary N) is 2. The van der Waals surface area contributed by atoms with E-state index in [-0.39, 0.29) is 11.6 Å². The topological polar surface area (TPSA) is 73.3 Å². The quantitative estimate of drug-likeness (QED) is 0.443. The molecule has 4 nitrogen and oxygen atoms in total. The van der Waals surface area contributed by atoms with Crippen molar-refractivity contribution < 1.29 is 4.74 Å². The van der Waals surface area contributed by atoms with Crippen molar-refractivity contribution in [2.45, 2.75) is 43.7 Å². The van der Waals surface area contributed by atoms with Crippen LogP contribution < -0.4 is 17.0 Å². The van der Waals surface area contributed by atoms with Crippen LogP contribution in [0.4, 0.5) is 5.69 Å².